The van der Waals surface area contributed by atoms with Gasteiger partial charge in [0.05, 0.1) is 0 Å². The first-order chi connectivity index (χ1) is 7.81. The lowest BCUT2D eigenvalue weighted by atomic mass is 9.85. The third kappa shape index (κ3) is 2.62. The fourth-order valence-electron chi connectivity index (χ4n) is 2.85. The lowest BCUT2D eigenvalue weighted by Crippen LogP contribution is -2.22. The minimum Gasteiger partial charge on any atom is -0.319 e. The Bertz CT molecular complexity index is 314. The molecule has 1 aromatic rings. The van der Waals surface area contributed by atoms with E-state index in [0.29, 0.717) is 5.92 Å². The molecule has 0 spiro atoms. The Hall–Kier alpha value is -0.890. The molecule has 0 radical (unpaired) electrons. The summed E-state index contributed by atoms with van der Waals surface area (Å²) in [6.45, 7) is 0.996. The summed E-state index contributed by atoms with van der Waals surface area (Å²) >= 11 is 0. The van der Waals surface area contributed by atoms with Crippen LogP contribution in [0.3, 0.4) is 0 Å². The average molecular weight is 221 g/mol. The van der Waals surface area contributed by atoms with E-state index in [2.05, 4.69) is 5.32 Å². The molecule has 0 aliphatic heterocycles. The molecule has 1 atom stereocenters. The molecule has 0 bridgehead atoms. The molecule has 1 N–H and O–H groups in total. The molecule has 0 aromatic heterocycles. The van der Waals surface area contributed by atoms with Crippen LogP contribution in [-0.4, -0.2) is 13.6 Å². The van der Waals surface area contributed by atoms with Crippen molar-refractivity contribution in [3.05, 3.63) is 35.6 Å². The van der Waals surface area contributed by atoms with E-state index >= 15 is 0 Å². The van der Waals surface area contributed by atoms with Crippen molar-refractivity contribution >= 4 is 0 Å². The molecule has 0 saturated heterocycles. The molecule has 1 aliphatic rings. The Balaban J connectivity index is 2.14. The summed E-state index contributed by atoms with van der Waals surface area (Å²) in [6.07, 6.45) is 5.35. The van der Waals surface area contributed by atoms with Crippen LogP contribution < -0.4 is 5.32 Å². The molecule has 88 valence electrons. The monoisotopic (exact) mass is 221 g/mol. The highest BCUT2D eigenvalue weighted by molar-refractivity contribution is 5.22. The topological polar surface area (TPSA) is 12.0 Å². The first-order valence-corrected chi connectivity index (χ1v) is 6.21. The minimum absolute atomic E-state index is 0.140. The fraction of sp³-hybridized carbons (Fsp3) is 0.571. The molecule has 16 heavy (non-hydrogen) atoms. The van der Waals surface area contributed by atoms with Gasteiger partial charge in [-0.1, -0.05) is 25.0 Å². The lowest BCUT2D eigenvalue weighted by molar-refractivity contribution is 0.421. The van der Waals surface area contributed by atoms with Gasteiger partial charge in [0.1, 0.15) is 5.82 Å². The summed E-state index contributed by atoms with van der Waals surface area (Å²) in [6, 6.07) is 7.03. The molecule has 2 rings (SSSR count). The second kappa shape index (κ2) is 5.44. The van der Waals surface area contributed by atoms with Crippen LogP contribution in [0.2, 0.25) is 0 Å². The van der Waals surface area contributed by atoms with Gasteiger partial charge in [0.2, 0.25) is 0 Å². The van der Waals surface area contributed by atoms with Crippen molar-refractivity contribution < 1.29 is 4.39 Å². The Morgan fingerprint density at radius 2 is 1.88 bits per heavy atom. The largest absolute Gasteiger partial charge is 0.319 e. The van der Waals surface area contributed by atoms with Crippen LogP contribution in [0.15, 0.2) is 24.3 Å². The summed E-state index contributed by atoms with van der Waals surface area (Å²) < 4.78 is 12.9. The highest BCUT2D eigenvalue weighted by Gasteiger charge is 2.25. The predicted molar refractivity (Wildman–Crippen MR) is 65.0 cm³/mol. The van der Waals surface area contributed by atoms with Gasteiger partial charge in [-0.3, -0.25) is 0 Å². The number of hydrogen-bond acceptors (Lipinski definition) is 1. The van der Waals surface area contributed by atoms with Crippen LogP contribution in [0, 0.1) is 11.7 Å². The molecule has 1 saturated carbocycles. The maximum absolute atomic E-state index is 12.9. The van der Waals surface area contributed by atoms with E-state index in [-0.39, 0.29) is 5.82 Å². The molecule has 1 aromatic carbocycles. The number of halogens is 1. The van der Waals surface area contributed by atoms with Gasteiger partial charge >= 0.3 is 0 Å². The van der Waals surface area contributed by atoms with Crippen LogP contribution >= 0.6 is 0 Å². The van der Waals surface area contributed by atoms with Gasteiger partial charge in [0.25, 0.3) is 0 Å². The Labute approximate surface area is 97.1 Å². The molecular weight excluding hydrogens is 201 g/mol. The molecule has 2 heteroatoms. The predicted octanol–water partition coefficient (Wildman–Crippen LogP) is 3.32. The third-order valence-corrected chi connectivity index (χ3v) is 3.69. The summed E-state index contributed by atoms with van der Waals surface area (Å²) in [5.41, 5.74) is 1.28. The second-order valence-corrected chi connectivity index (χ2v) is 4.76. The maximum atomic E-state index is 12.9. The summed E-state index contributed by atoms with van der Waals surface area (Å²) in [7, 11) is 1.99. The average Bonchev–Trinajstić information content (AvgIpc) is 2.81. The SMILES string of the molecule is CNCC(c1ccc(F)cc1)C1CCCC1. The van der Waals surface area contributed by atoms with E-state index < -0.39 is 0 Å². The number of likely N-dealkylation sites (N-methyl/N-ethyl adjacent to an activating group) is 1. The van der Waals surface area contributed by atoms with Gasteiger partial charge < -0.3 is 5.32 Å². The highest BCUT2D eigenvalue weighted by atomic mass is 19.1. The van der Waals surface area contributed by atoms with Gasteiger partial charge in [-0.25, -0.2) is 4.39 Å². The molecule has 1 nitrogen and oxygen atoms in total. The lowest BCUT2D eigenvalue weighted by Gasteiger charge is -2.23. The van der Waals surface area contributed by atoms with Crippen LogP contribution in [0.25, 0.3) is 0 Å². The fourth-order valence-corrected chi connectivity index (χ4v) is 2.85. The standard InChI is InChI=1S/C14H20FN/c1-16-10-14(11-4-2-3-5-11)12-6-8-13(15)9-7-12/h6-9,11,14,16H,2-5,10H2,1H3. The van der Waals surface area contributed by atoms with Gasteiger partial charge in [-0.15, -0.1) is 0 Å². The van der Waals surface area contributed by atoms with E-state index in [4.69, 9.17) is 0 Å². The Morgan fingerprint density at radius 3 is 2.44 bits per heavy atom. The van der Waals surface area contributed by atoms with Crippen LogP contribution in [-0.2, 0) is 0 Å². The molecule has 1 unspecified atom stereocenters. The maximum Gasteiger partial charge on any atom is 0.123 e. The quantitative estimate of drug-likeness (QED) is 0.822. The van der Waals surface area contributed by atoms with Crippen LogP contribution in [0.1, 0.15) is 37.2 Å². The summed E-state index contributed by atoms with van der Waals surface area (Å²) in [5.74, 6) is 1.18. The van der Waals surface area contributed by atoms with Gasteiger partial charge in [-0.05, 0) is 49.4 Å². The second-order valence-electron chi connectivity index (χ2n) is 4.76. The zero-order chi connectivity index (χ0) is 11.4. The molecule has 0 amide bonds. The first kappa shape index (κ1) is 11.6. The van der Waals surface area contributed by atoms with Crippen molar-refractivity contribution in [2.45, 2.75) is 31.6 Å². The van der Waals surface area contributed by atoms with Crippen molar-refractivity contribution in [3.63, 3.8) is 0 Å². The smallest absolute Gasteiger partial charge is 0.123 e. The summed E-state index contributed by atoms with van der Waals surface area (Å²) in [4.78, 5) is 0. The van der Waals surface area contributed by atoms with Gasteiger partial charge in [-0.2, -0.15) is 0 Å². The van der Waals surface area contributed by atoms with Crippen molar-refractivity contribution in [1.29, 1.82) is 0 Å². The normalized spacial score (nSPS) is 18.9. The van der Waals surface area contributed by atoms with Gasteiger partial charge in [0.15, 0.2) is 0 Å². The van der Waals surface area contributed by atoms with Crippen LogP contribution in [0.5, 0.6) is 0 Å². The van der Waals surface area contributed by atoms with E-state index in [9.17, 15) is 4.39 Å². The molecule has 1 fully saturated rings. The van der Waals surface area contributed by atoms with E-state index in [0.717, 1.165) is 12.5 Å². The minimum atomic E-state index is -0.140. The molecule has 0 heterocycles. The van der Waals surface area contributed by atoms with E-state index in [1.807, 2.05) is 19.2 Å². The highest BCUT2D eigenvalue weighted by Crippen LogP contribution is 2.36. The number of hydrogen-bond donors (Lipinski definition) is 1. The number of benzene rings is 1. The van der Waals surface area contributed by atoms with Gasteiger partial charge in [0, 0.05) is 6.54 Å². The number of rotatable bonds is 4. The van der Waals surface area contributed by atoms with Crippen molar-refractivity contribution in [2.24, 2.45) is 5.92 Å². The van der Waals surface area contributed by atoms with E-state index in [1.165, 1.54) is 31.2 Å². The summed E-state index contributed by atoms with van der Waals surface area (Å²) in [5, 5.41) is 3.26. The van der Waals surface area contributed by atoms with Crippen molar-refractivity contribution in [3.8, 4) is 0 Å². The zero-order valence-corrected chi connectivity index (χ0v) is 9.88. The Morgan fingerprint density at radius 1 is 1.25 bits per heavy atom. The number of nitrogens with one attached hydrogen (secondary N) is 1. The first-order valence-electron chi connectivity index (χ1n) is 6.21. The third-order valence-electron chi connectivity index (χ3n) is 3.69. The zero-order valence-electron chi connectivity index (χ0n) is 9.88. The molecular formula is C14H20FN. The van der Waals surface area contributed by atoms with Crippen molar-refractivity contribution in [1.82, 2.24) is 5.32 Å². The Kier molecular flexibility index (Phi) is 3.94. The molecule has 1 aliphatic carbocycles. The van der Waals surface area contributed by atoms with Crippen LogP contribution in [0.4, 0.5) is 4.39 Å². The van der Waals surface area contributed by atoms with E-state index in [1.54, 1.807) is 12.1 Å². The van der Waals surface area contributed by atoms with Crippen molar-refractivity contribution in [2.75, 3.05) is 13.6 Å².